The Morgan fingerprint density at radius 1 is 1.15 bits per heavy atom. The maximum Gasteiger partial charge on any atom is 0.288 e. The SMILES string of the molecule is O=C(Nc1cccc(-c2ccc(=O)[nH]n2)c1)c1ccc(Cl)c([N+](=O)[O-])c1. The van der Waals surface area contributed by atoms with E-state index >= 15 is 0 Å². The van der Waals surface area contributed by atoms with Crippen LogP contribution in [-0.2, 0) is 0 Å². The highest BCUT2D eigenvalue weighted by molar-refractivity contribution is 6.32. The van der Waals surface area contributed by atoms with E-state index in [1.807, 2.05) is 0 Å². The minimum atomic E-state index is -0.651. The minimum Gasteiger partial charge on any atom is -0.322 e. The summed E-state index contributed by atoms with van der Waals surface area (Å²) in [5.41, 5.74) is 1.13. The normalized spacial score (nSPS) is 10.3. The third-order valence-corrected chi connectivity index (χ3v) is 3.82. The molecule has 2 N–H and O–H groups in total. The number of carbonyl (C=O) groups is 1. The average Bonchev–Trinajstić information content (AvgIpc) is 2.62. The van der Waals surface area contributed by atoms with Gasteiger partial charge in [0, 0.05) is 28.9 Å². The Labute approximate surface area is 151 Å². The third kappa shape index (κ3) is 3.76. The molecule has 1 amide bonds. The van der Waals surface area contributed by atoms with Gasteiger partial charge in [-0.25, -0.2) is 5.10 Å². The topological polar surface area (TPSA) is 118 Å². The van der Waals surface area contributed by atoms with Crippen LogP contribution in [0.4, 0.5) is 11.4 Å². The number of halogens is 1. The number of nitrogens with zero attached hydrogens (tertiary/aromatic N) is 2. The Bertz CT molecular complexity index is 1040. The summed E-state index contributed by atoms with van der Waals surface area (Å²) in [5.74, 6) is -0.517. The van der Waals surface area contributed by atoms with Crippen LogP contribution in [0.2, 0.25) is 5.02 Å². The molecule has 8 nitrogen and oxygen atoms in total. The first-order chi connectivity index (χ1) is 12.4. The third-order valence-electron chi connectivity index (χ3n) is 3.50. The van der Waals surface area contributed by atoms with Gasteiger partial charge in [-0.2, -0.15) is 5.10 Å². The van der Waals surface area contributed by atoms with Crippen LogP contribution >= 0.6 is 11.6 Å². The van der Waals surface area contributed by atoms with Gasteiger partial charge in [-0.1, -0.05) is 23.7 Å². The average molecular weight is 371 g/mol. The molecular formula is C17H11ClN4O4. The molecule has 0 saturated carbocycles. The van der Waals surface area contributed by atoms with E-state index in [1.54, 1.807) is 30.3 Å². The Hall–Kier alpha value is -3.52. The predicted octanol–water partition coefficient (Wildman–Crippen LogP) is 3.25. The first kappa shape index (κ1) is 17.3. The summed E-state index contributed by atoms with van der Waals surface area (Å²) in [6.45, 7) is 0. The number of rotatable bonds is 4. The van der Waals surface area contributed by atoms with Crippen molar-refractivity contribution >= 4 is 28.9 Å². The summed E-state index contributed by atoms with van der Waals surface area (Å²) in [6.07, 6.45) is 0. The van der Waals surface area contributed by atoms with Crippen molar-refractivity contribution in [2.45, 2.75) is 0 Å². The molecule has 0 bridgehead atoms. The Kier molecular flexibility index (Phi) is 4.76. The van der Waals surface area contributed by atoms with Crippen LogP contribution in [0.3, 0.4) is 0 Å². The number of hydrogen-bond donors (Lipinski definition) is 2. The Balaban J connectivity index is 1.85. The molecule has 0 atom stereocenters. The highest BCUT2D eigenvalue weighted by Gasteiger charge is 2.16. The van der Waals surface area contributed by atoms with Crippen LogP contribution < -0.4 is 10.9 Å². The van der Waals surface area contributed by atoms with Gasteiger partial charge in [0.15, 0.2) is 0 Å². The fraction of sp³-hybridized carbons (Fsp3) is 0. The summed E-state index contributed by atoms with van der Waals surface area (Å²) in [6, 6.07) is 13.5. The van der Waals surface area contributed by atoms with Crippen molar-refractivity contribution in [1.82, 2.24) is 10.2 Å². The van der Waals surface area contributed by atoms with Gasteiger partial charge in [-0.05, 0) is 30.3 Å². The number of H-pyrrole nitrogens is 1. The summed E-state index contributed by atoms with van der Waals surface area (Å²) in [7, 11) is 0. The number of nitro benzene ring substituents is 1. The van der Waals surface area contributed by atoms with Gasteiger partial charge in [-0.3, -0.25) is 19.7 Å². The van der Waals surface area contributed by atoms with Gasteiger partial charge in [0.25, 0.3) is 17.2 Å². The molecule has 0 aliphatic rings. The molecule has 3 aromatic rings. The summed E-state index contributed by atoms with van der Waals surface area (Å²) < 4.78 is 0. The maximum absolute atomic E-state index is 12.4. The van der Waals surface area contributed by atoms with Crippen molar-refractivity contribution in [2.75, 3.05) is 5.32 Å². The van der Waals surface area contributed by atoms with E-state index in [9.17, 15) is 19.7 Å². The van der Waals surface area contributed by atoms with Gasteiger partial charge in [-0.15, -0.1) is 0 Å². The van der Waals surface area contributed by atoms with E-state index in [1.165, 1.54) is 18.2 Å². The van der Waals surface area contributed by atoms with E-state index in [-0.39, 0.29) is 21.8 Å². The lowest BCUT2D eigenvalue weighted by atomic mass is 10.1. The van der Waals surface area contributed by atoms with Crippen molar-refractivity contribution in [3.05, 3.63) is 85.7 Å². The second-order valence-electron chi connectivity index (χ2n) is 5.26. The fourth-order valence-corrected chi connectivity index (χ4v) is 2.45. The highest BCUT2D eigenvalue weighted by atomic mass is 35.5. The highest BCUT2D eigenvalue weighted by Crippen LogP contribution is 2.26. The second kappa shape index (κ2) is 7.16. The molecule has 1 aromatic heterocycles. The molecule has 0 fully saturated rings. The molecule has 0 aliphatic carbocycles. The van der Waals surface area contributed by atoms with Crippen molar-refractivity contribution in [3.8, 4) is 11.3 Å². The van der Waals surface area contributed by atoms with E-state index in [0.717, 1.165) is 6.07 Å². The first-order valence-corrected chi connectivity index (χ1v) is 7.73. The molecular weight excluding hydrogens is 360 g/mol. The quantitative estimate of drug-likeness (QED) is 0.539. The van der Waals surface area contributed by atoms with Crippen molar-refractivity contribution < 1.29 is 9.72 Å². The fourth-order valence-electron chi connectivity index (χ4n) is 2.26. The molecule has 0 aliphatic heterocycles. The molecule has 3 rings (SSSR count). The zero-order chi connectivity index (χ0) is 18.7. The molecule has 130 valence electrons. The summed E-state index contributed by atoms with van der Waals surface area (Å²) >= 11 is 5.75. The lowest BCUT2D eigenvalue weighted by Gasteiger charge is -2.07. The Morgan fingerprint density at radius 3 is 2.65 bits per heavy atom. The van der Waals surface area contributed by atoms with Crippen LogP contribution in [0.5, 0.6) is 0 Å². The van der Waals surface area contributed by atoms with Gasteiger partial charge in [0.2, 0.25) is 0 Å². The monoisotopic (exact) mass is 370 g/mol. The van der Waals surface area contributed by atoms with E-state index in [4.69, 9.17) is 11.6 Å². The molecule has 0 unspecified atom stereocenters. The summed E-state index contributed by atoms with van der Waals surface area (Å²) in [5, 5.41) is 19.8. The van der Waals surface area contributed by atoms with Crippen LogP contribution in [-0.4, -0.2) is 21.0 Å². The largest absolute Gasteiger partial charge is 0.322 e. The second-order valence-corrected chi connectivity index (χ2v) is 5.67. The molecule has 0 radical (unpaired) electrons. The van der Waals surface area contributed by atoms with Crippen molar-refractivity contribution in [1.29, 1.82) is 0 Å². The van der Waals surface area contributed by atoms with E-state index < -0.39 is 10.8 Å². The summed E-state index contributed by atoms with van der Waals surface area (Å²) in [4.78, 5) is 33.7. The predicted molar refractivity (Wildman–Crippen MR) is 96.4 cm³/mol. The van der Waals surface area contributed by atoms with Crippen LogP contribution in [0.25, 0.3) is 11.3 Å². The van der Waals surface area contributed by atoms with Crippen molar-refractivity contribution in [2.24, 2.45) is 0 Å². The van der Waals surface area contributed by atoms with Crippen LogP contribution in [0.15, 0.2) is 59.4 Å². The van der Waals surface area contributed by atoms with Gasteiger partial charge >= 0.3 is 0 Å². The number of carbonyl (C=O) groups excluding carboxylic acids is 1. The van der Waals surface area contributed by atoms with Crippen LogP contribution in [0, 0.1) is 10.1 Å². The number of nitro groups is 1. The van der Waals surface area contributed by atoms with E-state index in [0.29, 0.717) is 16.9 Å². The minimum absolute atomic E-state index is 0.0438. The lowest BCUT2D eigenvalue weighted by molar-refractivity contribution is -0.384. The molecule has 9 heteroatoms. The number of nitrogens with one attached hydrogen (secondary N) is 2. The van der Waals surface area contributed by atoms with Crippen LogP contribution in [0.1, 0.15) is 10.4 Å². The van der Waals surface area contributed by atoms with Gasteiger partial charge in [0.05, 0.1) is 10.6 Å². The molecule has 1 heterocycles. The lowest BCUT2D eigenvalue weighted by Crippen LogP contribution is -2.12. The standard InChI is InChI=1S/C17H11ClN4O4/c18-13-5-4-11(9-15(13)22(25)26)17(24)19-12-3-1-2-10(8-12)14-6-7-16(23)21-20-14/h1-9H,(H,19,24)(H,21,23). The van der Waals surface area contributed by atoms with Gasteiger partial charge in [0.1, 0.15) is 5.02 Å². The molecule has 26 heavy (non-hydrogen) atoms. The molecule has 0 spiro atoms. The zero-order valence-corrected chi connectivity index (χ0v) is 13.9. The number of aromatic amines is 1. The maximum atomic E-state index is 12.4. The zero-order valence-electron chi connectivity index (χ0n) is 13.1. The number of amides is 1. The van der Waals surface area contributed by atoms with E-state index in [2.05, 4.69) is 15.5 Å². The first-order valence-electron chi connectivity index (χ1n) is 7.35. The molecule has 0 saturated heterocycles. The smallest absolute Gasteiger partial charge is 0.288 e. The Morgan fingerprint density at radius 2 is 1.96 bits per heavy atom. The van der Waals surface area contributed by atoms with Gasteiger partial charge < -0.3 is 5.32 Å². The number of benzene rings is 2. The molecule has 2 aromatic carbocycles. The number of anilines is 1. The number of aromatic nitrogens is 2. The van der Waals surface area contributed by atoms with Crippen molar-refractivity contribution in [3.63, 3.8) is 0 Å². The number of hydrogen-bond acceptors (Lipinski definition) is 5.